The Morgan fingerprint density at radius 3 is 1.45 bits per heavy atom. The number of carbonyl (C=O) groups is 12. The fraction of sp³-hybridized carbons (Fsp3) is 0.568. The Morgan fingerprint density at radius 1 is 0.560 bits per heavy atom. The molecule has 0 fully saturated rings. The van der Waals surface area contributed by atoms with Crippen LogP contribution in [0.5, 0.6) is 5.75 Å². The number of nitrogens with zero attached hydrogens (tertiary/aromatic N) is 1. The van der Waals surface area contributed by atoms with Crippen LogP contribution in [-0.4, -0.2) is 176 Å². The van der Waals surface area contributed by atoms with Crippen LogP contribution in [0.1, 0.15) is 71.8 Å². The van der Waals surface area contributed by atoms with Crippen molar-refractivity contribution in [1.82, 2.24) is 42.5 Å². The fourth-order valence-electron chi connectivity index (χ4n) is 6.54. The number of hydrogen-bond donors (Lipinski definition) is 18. The maximum absolute atomic E-state index is 14.0. The van der Waals surface area contributed by atoms with Gasteiger partial charge in [0.2, 0.25) is 53.2 Å². The molecule has 0 aliphatic carbocycles. The second-order valence-electron chi connectivity index (χ2n) is 17.7. The third-order valence-electron chi connectivity index (χ3n) is 10.8. The minimum absolute atomic E-state index is 0.0344. The van der Waals surface area contributed by atoms with Crippen molar-refractivity contribution in [2.75, 3.05) is 18.9 Å². The molecule has 1 aromatic carbocycles. The normalized spacial score (nSPS) is 14.6. The highest BCUT2D eigenvalue weighted by Gasteiger charge is 2.36. The molecule has 0 bridgehead atoms. The molecule has 0 unspecified atom stereocenters. The van der Waals surface area contributed by atoms with Gasteiger partial charge in [-0.05, 0) is 48.8 Å². The Morgan fingerprint density at radius 2 is 1.00 bits per heavy atom. The van der Waals surface area contributed by atoms with Gasteiger partial charge in [-0.25, -0.2) is 4.79 Å². The number of nitrogens with two attached hydrogens (primary N) is 4. The molecule has 0 radical (unpaired) electrons. The molecule has 0 saturated heterocycles. The van der Waals surface area contributed by atoms with Gasteiger partial charge in [-0.1, -0.05) is 39.8 Å². The van der Waals surface area contributed by atoms with Crippen LogP contribution in [0.15, 0.2) is 29.3 Å². The molecular formula is C44H69N13O17S. The molecule has 0 heterocycles. The molecule has 0 aliphatic heterocycles. The second kappa shape index (κ2) is 32.4. The largest absolute Gasteiger partial charge is 0.508 e. The number of aliphatic imine (C=N–C) groups is 1. The quantitative estimate of drug-likeness (QED) is 0.0132. The lowest BCUT2D eigenvalue weighted by molar-refractivity contribution is -0.143. The fourth-order valence-corrected chi connectivity index (χ4v) is 6.80. The van der Waals surface area contributed by atoms with E-state index >= 15 is 0 Å². The van der Waals surface area contributed by atoms with E-state index in [1.54, 1.807) is 13.8 Å². The molecule has 0 saturated carbocycles. The summed E-state index contributed by atoms with van der Waals surface area (Å²) in [5.74, 6) is -16.8. The van der Waals surface area contributed by atoms with Gasteiger partial charge < -0.3 is 91.0 Å². The molecule has 75 heavy (non-hydrogen) atoms. The zero-order valence-corrected chi connectivity index (χ0v) is 42.5. The minimum Gasteiger partial charge on any atom is -0.508 e. The lowest BCUT2D eigenvalue weighted by atomic mass is 10.0. The standard InChI is InChI=1S/C44H69N13O17S/c1-19(2)33(46)42(72)55-28(17-58)40(70)54-27(16-32(63)64)38(68)53-26(15-30(45)60)37(67)51-24(11-12-31(61)62)36(66)50-23(6-5-13-49-44(47)48)35(65)56-29(18-75)41(71)52-25(14-21-7-9-22(59)10-8-21)39(69)57-34(20(3)4)43(73)74/h7-10,19-20,23-29,33-34,58-59,75H,5-6,11-18,46H2,1-4H3,(H2,45,60)(H,50,66)(H,51,67)(H,52,71)(H,53,68)(H,54,70)(H,55,72)(H,56,65)(H,57,69)(H,61,62)(H,63,64)(H,73,74)(H4,47,48,49)/t23-,24-,25-,26-,27-,28-,29-,33-,34-/m0/s1. The van der Waals surface area contributed by atoms with Gasteiger partial charge in [-0.3, -0.25) is 57.7 Å². The SMILES string of the molecule is CC(C)[C@H](N)C(=O)N[C@@H](CO)C(=O)N[C@@H](CC(=O)O)C(=O)N[C@@H](CC(N)=O)C(=O)N[C@@H](CCC(=O)O)C(=O)N[C@@H](CCCN=C(N)N)C(=O)N[C@@H](CS)C(=O)N[C@@H](Cc1ccc(O)cc1)C(=O)N[C@H](C(=O)O)C(C)C. The number of thiol groups is 1. The van der Waals surface area contributed by atoms with Crippen LogP contribution >= 0.6 is 12.6 Å². The Labute approximate surface area is 435 Å². The van der Waals surface area contributed by atoms with E-state index in [4.69, 9.17) is 22.9 Å². The first-order valence-corrected chi connectivity index (χ1v) is 23.8. The smallest absolute Gasteiger partial charge is 0.326 e. The predicted molar refractivity (Wildman–Crippen MR) is 266 cm³/mol. The van der Waals surface area contributed by atoms with E-state index in [1.165, 1.54) is 38.1 Å². The highest BCUT2D eigenvalue weighted by Crippen LogP contribution is 2.13. The summed E-state index contributed by atoms with van der Waals surface area (Å²) in [7, 11) is 0. The van der Waals surface area contributed by atoms with E-state index in [9.17, 15) is 83.1 Å². The average Bonchev–Trinajstić information content (AvgIpc) is 3.32. The minimum atomic E-state index is -2.05. The maximum atomic E-state index is 14.0. The number of benzene rings is 1. The van der Waals surface area contributed by atoms with Gasteiger partial charge in [0.1, 0.15) is 54.1 Å². The van der Waals surface area contributed by atoms with Crippen LogP contribution in [0.2, 0.25) is 0 Å². The van der Waals surface area contributed by atoms with Crippen molar-refractivity contribution in [2.24, 2.45) is 39.8 Å². The molecule has 9 atom stereocenters. The molecular weight excluding hydrogens is 1010 g/mol. The Kier molecular flexibility index (Phi) is 28.2. The molecule has 0 aliphatic rings. The van der Waals surface area contributed by atoms with Gasteiger partial charge in [-0.2, -0.15) is 12.6 Å². The van der Waals surface area contributed by atoms with Crippen molar-refractivity contribution >= 4 is 89.7 Å². The van der Waals surface area contributed by atoms with Gasteiger partial charge in [0, 0.05) is 25.1 Å². The van der Waals surface area contributed by atoms with Crippen LogP contribution in [0.4, 0.5) is 0 Å². The van der Waals surface area contributed by atoms with Crippen molar-refractivity contribution in [1.29, 1.82) is 0 Å². The van der Waals surface area contributed by atoms with Crippen LogP contribution in [0.3, 0.4) is 0 Å². The van der Waals surface area contributed by atoms with Crippen LogP contribution in [0.25, 0.3) is 0 Å². The number of carboxylic acid groups (broad SMARTS) is 3. The molecule has 1 rings (SSSR count). The number of primary amides is 1. The molecule has 0 spiro atoms. The number of aliphatic carboxylic acids is 3. The Hall–Kier alpha value is -7.80. The number of rotatable bonds is 34. The summed E-state index contributed by atoms with van der Waals surface area (Å²) in [6.07, 6.45) is -4.26. The van der Waals surface area contributed by atoms with E-state index in [0.717, 1.165) is 0 Å². The number of nitrogens with one attached hydrogen (secondary N) is 8. The number of guanidine groups is 1. The predicted octanol–water partition coefficient (Wildman–Crippen LogP) is -6.27. The van der Waals surface area contributed by atoms with E-state index < -0.39 is 175 Å². The van der Waals surface area contributed by atoms with Gasteiger partial charge in [0.05, 0.1) is 25.5 Å². The molecule has 21 N–H and O–H groups in total. The van der Waals surface area contributed by atoms with Crippen LogP contribution < -0.4 is 65.5 Å². The lowest BCUT2D eigenvalue weighted by Gasteiger charge is -2.27. The number of aliphatic hydroxyl groups is 1. The number of aliphatic hydroxyl groups excluding tert-OH is 1. The molecule has 31 heteroatoms. The summed E-state index contributed by atoms with van der Waals surface area (Å²) in [4.78, 5) is 159. The van der Waals surface area contributed by atoms with Gasteiger partial charge >= 0.3 is 17.9 Å². The van der Waals surface area contributed by atoms with Crippen molar-refractivity contribution in [3.8, 4) is 5.75 Å². The number of carboxylic acids is 3. The molecule has 1 aromatic rings. The van der Waals surface area contributed by atoms with E-state index in [-0.39, 0.29) is 37.5 Å². The van der Waals surface area contributed by atoms with Crippen molar-refractivity contribution in [3.63, 3.8) is 0 Å². The van der Waals surface area contributed by atoms with Gasteiger partial charge in [-0.15, -0.1) is 0 Å². The summed E-state index contributed by atoms with van der Waals surface area (Å²) in [5, 5.41) is 66.3. The van der Waals surface area contributed by atoms with Crippen molar-refractivity contribution < 1.29 is 83.1 Å². The number of hydrogen-bond acceptors (Lipinski definition) is 17. The number of carbonyl (C=O) groups excluding carboxylic acids is 9. The van der Waals surface area contributed by atoms with E-state index in [0.29, 0.717) is 5.56 Å². The summed E-state index contributed by atoms with van der Waals surface area (Å²) >= 11 is 4.18. The Bertz CT molecular complexity index is 2230. The molecule has 9 amide bonds. The summed E-state index contributed by atoms with van der Waals surface area (Å²) in [5.41, 5.74) is 22.4. The zero-order chi connectivity index (χ0) is 57.3. The first-order valence-electron chi connectivity index (χ1n) is 23.2. The zero-order valence-electron chi connectivity index (χ0n) is 41.6. The number of amides is 9. The highest BCUT2D eigenvalue weighted by atomic mass is 32.1. The Balaban J connectivity index is 3.55. The highest BCUT2D eigenvalue weighted by molar-refractivity contribution is 7.80. The first-order chi connectivity index (χ1) is 35.0. The maximum Gasteiger partial charge on any atom is 0.326 e. The van der Waals surface area contributed by atoms with Crippen molar-refractivity contribution in [3.05, 3.63) is 29.8 Å². The topological polar surface area (TPSA) is 519 Å². The van der Waals surface area contributed by atoms with E-state index in [2.05, 4.69) is 49.5 Å². The van der Waals surface area contributed by atoms with Crippen LogP contribution in [-0.2, 0) is 64.0 Å². The third-order valence-corrected chi connectivity index (χ3v) is 11.2. The molecule has 418 valence electrons. The number of aromatic hydroxyl groups is 1. The first kappa shape index (κ1) is 65.2. The summed E-state index contributed by atoms with van der Waals surface area (Å²) < 4.78 is 0. The summed E-state index contributed by atoms with van der Waals surface area (Å²) in [6, 6.07) is -9.42. The summed E-state index contributed by atoms with van der Waals surface area (Å²) in [6.45, 7) is 5.10. The average molecular weight is 1080 g/mol. The molecule has 30 nitrogen and oxygen atoms in total. The van der Waals surface area contributed by atoms with Gasteiger partial charge in [0.25, 0.3) is 0 Å². The van der Waals surface area contributed by atoms with Crippen LogP contribution in [0, 0.1) is 11.8 Å². The number of phenolic OH excluding ortho intramolecular Hbond substituents is 1. The lowest BCUT2D eigenvalue weighted by Crippen LogP contribution is -2.61. The van der Waals surface area contributed by atoms with E-state index in [1.807, 2.05) is 10.6 Å². The molecule has 0 aromatic heterocycles. The van der Waals surface area contributed by atoms with Crippen molar-refractivity contribution in [2.45, 2.75) is 127 Å². The second-order valence-corrected chi connectivity index (χ2v) is 18.0. The third kappa shape index (κ3) is 24.2. The number of phenols is 1. The van der Waals surface area contributed by atoms with Gasteiger partial charge in [0.15, 0.2) is 5.96 Å². The monoisotopic (exact) mass is 1080 g/mol.